The van der Waals surface area contributed by atoms with Gasteiger partial charge in [0.2, 0.25) is 0 Å². The van der Waals surface area contributed by atoms with Crippen molar-refractivity contribution in [1.29, 1.82) is 0 Å². The molecule has 0 spiro atoms. The van der Waals surface area contributed by atoms with Gasteiger partial charge in [-0.05, 0) is 26.7 Å². The van der Waals surface area contributed by atoms with Crippen molar-refractivity contribution < 1.29 is 9.53 Å². The molecule has 0 aliphatic carbocycles. The molecule has 0 amide bonds. The van der Waals surface area contributed by atoms with Gasteiger partial charge in [-0.1, -0.05) is 13.8 Å². The number of carbonyl (C=O) groups is 1. The van der Waals surface area contributed by atoms with E-state index in [0.717, 1.165) is 50.4 Å². The van der Waals surface area contributed by atoms with Gasteiger partial charge in [-0.25, -0.2) is 4.79 Å². The molecule has 0 aromatic rings. The molecule has 1 aliphatic rings. The molecular weight excluding hydrogens is 228 g/mol. The smallest absolute Gasteiger partial charge is 0.356 e. The van der Waals surface area contributed by atoms with E-state index in [1.165, 1.54) is 0 Å². The van der Waals surface area contributed by atoms with Gasteiger partial charge in [0, 0.05) is 31.9 Å². The van der Waals surface area contributed by atoms with E-state index < -0.39 is 0 Å². The van der Waals surface area contributed by atoms with E-state index in [0.29, 0.717) is 6.61 Å². The van der Waals surface area contributed by atoms with Crippen LogP contribution in [0.1, 0.15) is 40.5 Å². The van der Waals surface area contributed by atoms with E-state index in [4.69, 9.17) is 4.74 Å². The molecule has 0 radical (unpaired) electrons. The molecule has 0 saturated carbocycles. The number of allylic oxidation sites excluding steroid dienone is 1. The van der Waals surface area contributed by atoms with Crippen molar-refractivity contribution in [3.63, 3.8) is 0 Å². The average Bonchev–Trinajstić information content (AvgIpc) is 2.33. The van der Waals surface area contributed by atoms with Gasteiger partial charge >= 0.3 is 5.97 Å². The molecule has 0 atom stereocenters. The summed E-state index contributed by atoms with van der Waals surface area (Å²) >= 11 is 0. The van der Waals surface area contributed by atoms with E-state index in [1.54, 1.807) is 0 Å². The Bertz CT molecular complexity index is 313. The normalized spacial score (nSPS) is 16.2. The topological polar surface area (TPSA) is 32.8 Å². The van der Waals surface area contributed by atoms with Gasteiger partial charge in [0.15, 0.2) is 0 Å². The van der Waals surface area contributed by atoms with Gasteiger partial charge in [0.05, 0.1) is 6.61 Å². The molecule has 18 heavy (non-hydrogen) atoms. The predicted octanol–water partition coefficient (Wildman–Crippen LogP) is 2.22. The molecule has 0 aromatic heterocycles. The maximum atomic E-state index is 12.1. The summed E-state index contributed by atoms with van der Waals surface area (Å²) < 4.78 is 5.19. The molecule has 0 saturated heterocycles. The van der Waals surface area contributed by atoms with Gasteiger partial charge in [0.1, 0.15) is 5.70 Å². The molecule has 104 valence electrons. The lowest BCUT2D eigenvalue weighted by Crippen LogP contribution is -2.44. The highest BCUT2D eigenvalue weighted by Crippen LogP contribution is 2.21. The fourth-order valence-electron chi connectivity index (χ4n) is 2.42. The van der Waals surface area contributed by atoms with Crippen LogP contribution in [0, 0.1) is 0 Å². The third-order valence-electron chi connectivity index (χ3n) is 3.23. The van der Waals surface area contributed by atoms with Crippen molar-refractivity contribution in [3.05, 3.63) is 11.4 Å². The number of carbonyl (C=O) groups excluding carboxylic acids is 1. The summed E-state index contributed by atoms with van der Waals surface area (Å²) in [5.41, 5.74) is 1.83. The lowest BCUT2D eigenvalue weighted by atomic mass is 10.2. The zero-order chi connectivity index (χ0) is 13.5. The maximum Gasteiger partial charge on any atom is 0.356 e. The number of rotatable bonds is 6. The summed E-state index contributed by atoms with van der Waals surface area (Å²) in [7, 11) is 0. The Hall–Kier alpha value is -1.19. The average molecular weight is 254 g/mol. The van der Waals surface area contributed by atoms with E-state index in [1.807, 2.05) is 13.8 Å². The van der Waals surface area contributed by atoms with Crippen LogP contribution in [0.15, 0.2) is 11.4 Å². The lowest BCUT2D eigenvalue weighted by Gasteiger charge is -2.38. The molecule has 0 unspecified atom stereocenters. The molecular formula is C14H26N2O2. The molecule has 1 aliphatic heterocycles. The minimum Gasteiger partial charge on any atom is -0.461 e. The second-order valence-electron chi connectivity index (χ2n) is 4.63. The number of hydrogen-bond donors (Lipinski definition) is 0. The van der Waals surface area contributed by atoms with E-state index in [2.05, 4.69) is 23.6 Å². The SMILES string of the molecule is CCCN1CCN(CCC)C(C(=O)OCC)=C1C. The first-order valence-corrected chi connectivity index (χ1v) is 7.03. The first-order valence-electron chi connectivity index (χ1n) is 7.03. The molecule has 0 bridgehead atoms. The second-order valence-corrected chi connectivity index (χ2v) is 4.63. The van der Waals surface area contributed by atoms with Gasteiger partial charge in [0.25, 0.3) is 0 Å². The van der Waals surface area contributed by atoms with Crippen molar-refractivity contribution in [2.24, 2.45) is 0 Å². The lowest BCUT2D eigenvalue weighted by molar-refractivity contribution is -0.141. The largest absolute Gasteiger partial charge is 0.461 e. The molecule has 4 heteroatoms. The van der Waals surface area contributed by atoms with Crippen LogP contribution in [0.3, 0.4) is 0 Å². The minimum atomic E-state index is -0.177. The van der Waals surface area contributed by atoms with E-state index in [-0.39, 0.29) is 5.97 Å². The van der Waals surface area contributed by atoms with Crippen LogP contribution in [0.2, 0.25) is 0 Å². The summed E-state index contributed by atoms with van der Waals surface area (Å²) in [6.07, 6.45) is 2.14. The third-order valence-corrected chi connectivity index (χ3v) is 3.23. The molecule has 4 nitrogen and oxygen atoms in total. The summed E-state index contributed by atoms with van der Waals surface area (Å²) in [5.74, 6) is -0.177. The summed E-state index contributed by atoms with van der Waals surface area (Å²) in [4.78, 5) is 16.6. The zero-order valence-electron chi connectivity index (χ0n) is 12.2. The number of nitrogens with zero attached hydrogens (tertiary/aromatic N) is 2. The Morgan fingerprint density at radius 1 is 1.11 bits per heavy atom. The minimum absolute atomic E-state index is 0.177. The Labute approximate surface area is 111 Å². The Kier molecular flexibility index (Phi) is 6.02. The molecule has 1 rings (SSSR count). The van der Waals surface area contributed by atoms with Crippen molar-refractivity contribution in [2.75, 3.05) is 32.8 Å². The number of hydrogen-bond acceptors (Lipinski definition) is 4. The van der Waals surface area contributed by atoms with Crippen molar-refractivity contribution >= 4 is 5.97 Å². The van der Waals surface area contributed by atoms with Crippen LogP contribution in [0.25, 0.3) is 0 Å². The van der Waals surface area contributed by atoms with E-state index in [9.17, 15) is 4.79 Å². The van der Waals surface area contributed by atoms with Crippen LogP contribution in [-0.2, 0) is 9.53 Å². The van der Waals surface area contributed by atoms with Crippen molar-refractivity contribution in [2.45, 2.75) is 40.5 Å². The van der Waals surface area contributed by atoms with Crippen LogP contribution >= 0.6 is 0 Å². The monoisotopic (exact) mass is 254 g/mol. The fraction of sp³-hybridized carbons (Fsp3) is 0.786. The first-order chi connectivity index (χ1) is 8.65. The Morgan fingerprint density at radius 3 is 2.22 bits per heavy atom. The highest BCUT2D eigenvalue weighted by molar-refractivity contribution is 5.88. The molecule has 0 fully saturated rings. The summed E-state index contributed by atoms with van der Waals surface area (Å²) in [6.45, 7) is 12.5. The fourth-order valence-corrected chi connectivity index (χ4v) is 2.42. The van der Waals surface area contributed by atoms with Gasteiger partial charge in [-0.3, -0.25) is 0 Å². The Balaban J connectivity index is 2.95. The Morgan fingerprint density at radius 2 is 1.67 bits per heavy atom. The predicted molar refractivity (Wildman–Crippen MR) is 73.1 cm³/mol. The summed E-state index contributed by atoms with van der Waals surface area (Å²) in [6, 6.07) is 0. The zero-order valence-corrected chi connectivity index (χ0v) is 12.2. The van der Waals surface area contributed by atoms with Crippen molar-refractivity contribution in [3.8, 4) is 0 Å². The molecule has 0 N–H and O–H groups in total. The third kappa shape index (κ3) is 3.40. The van der Waals surface area contributed by atoms with E-state index >= 15 is 0 Å². The van der Waals surface area contributed by atoms with Crippen molar-refractivity contribution in [1.82, 2.24) is 9.80 Å². The second kappa shape index (κ2) is 7.29. The first kappa shape index (κ1) is 14.9. The van der Waals surface area contributed by atoms with Crippen LogP contribution < -0.4 is 0 Å². The number of esters is 1. The standard InChI is InChI=1S/C14H26N2O2/c1-5-8-15-10-11-16(9-6-2)13(12(15)4)14(17)18-7-3/h5-11H2,1-4H3. The van der Waals surface area contributed by atoms with Gasteiger partial charge in [-0.15, -0.1) is 0 Å². The quantitative estimate of drug-likeness (QED) is 0.680. The highest BCUT2D eigenvalue weighted by atomic mass is 16.5. The maximum absolute atomic E-state index is 12.1. The van der Waals surface area contributed by atoms with Crippen LogP contribution in [0.5, 0.6) is 0 Å². The van der Waals surface area contributed by atoms with Gasteiger partial charge < -0.3 is 14.5 Å². The highest BCUT2D eigenvalue weighted by Gasteiger charge is 2.27. The molecule has 1 heterocycles. The summed E-state index contributed by atoms with van der Waals surface area (Å²) in [5, 5.41) is 0. The van der Waals surface area contributed by atoms with Crippen LogP contribution in [-0.4, -0.2) is 48.6 Å². The van der Waals surface area contributed by atoms with Crippen LogP contribution in [0.4, 0.5) is 0 Å². The molecule has 0 aromatic carbocycles. The van der Waals surface area contributed by atoms with Gasteiger partial charge in [-0.2, -0.15) is 0 Å². The number of ether oxygens (including phenoxy) is 1.